The average Bonchev–Trinajstić information content (AvgIpc) is 3.11. The van der Waals surface area contributed by atoms with Gasteiger partial charge in [-0.25, -0.2) is 0 Å². The summed E-state index contributed by atoms with van der Waals surface area (Å²) in [5.41, 5.74) is 2.12. The summed E-state index contributed by atoms with van der Waals surface area (Å²) in [7, 11) is 3.83. The number of carbonyl (C=O) groups is 2. The first-order chi connectivity index (χ1) is 17.3. The number of hydrogen-bond donors (Lipinski definition) is 1. The molecule has 0 spiro atoms. The molecule has 2 aromatic rings. The van der Waals surface area contributed by atoms with Crippen LogP contribution in [0.1, 0.15) is 55.8 Å². The number of unbranched alkanes of at least 4 members (excludes halogenated alkanes) is 1. The van der Waals surface area contributed by atoms with Gasteiger partial charge < -0.3 is 24.4 Å². The number of nitrogens with zero attached hydrogens (tertiary/aromatic N) is 2. The van der Waals surface area contributed by atoms with E-state index in [2.05, 4.69) is 6.92 Å². The van der Waals surface area contributed by atoms with Crippen LogP contribution in [0, 0.1) is 6.92 Å². The molecule has 36 heavy (non-hydrogen) atoms. The van der Waals surface area contributed by atoms with Gasteiger partial charge in [0.2, 0.25) is 0 Å². The van der Waals surface area contributed by atoms with Gasteiger partial charge in [-0.15, -0.1) is 0 Å². The number of aryl methyl sites for hydroxylation is 1. The van der Waals surface area contributed by atoms with Gasteiger partial charge in [0.15, 0.2) is 0 Å². The topological polar surface area (TPSA) is 79.3 Å². The molecule has 1 aliphatic heterocycles. The predicted octanol–water partition coefficient (Wildman–Crippen LogP) is 4.95. The van der Waals surface area contributed by atoms with Crippen molar-refractivity contribution in [2.45, 2.75) is 46.1 Å². The molecule has 0 aliphatic carbocycles. The summed E-state index contributed by atoms with van der Waals surface area (Å²) < 4.78 is 11.5. The van der Waals surface area contributed by atoms with Crippen molar-refractivity contribution >= 4 is 17.4 Å². The third-order valence-electron chi connectivity index (χ3n) is 6.22. The number of likely N-dealkylation sites (tertiary alicyclic amines) is 1. The normalized spacial score (nSPS) is 17.2. The van der Waals surface area contributed by atoms with Gasteiger partial charge >= 0.3 is 0 Å². The largest absolute Gasteiger partial charge is 0.507 e. The third kappa shape index (κ3) is 6.26. The van der Waals surface area contributed by atoms with Crippen molar-refractivity contribution < 1.29 is 24.2 Å². The number of aliphatic hydroxyl groups excluding tert-OH is 1. The fraction of sp³-hybridized carbons (Fsp3) is 0.448. The summed E-state index contributed by atoms with van der Waals surface area (Å²) in [5, 5.41) is 11.4. The van der Waals surface area contributed by atoms with Crippen LogP contribution in [-0.4, -0.2) is 67.0 Å². The molecule has 1 atom stereocenters. The van der Waals surface area contributed by atoms with Crippen LogP contribution in [0.3, 0.4) is 0 Å². The number of ketones is 1. The quantitative estimate of drug-likeness (QED) is 0.195. The Labute approximate surface area is 214 Å². The molecule has 1 unspecified atom stereocenters. The van der Waals surface area contributed by atoms with E-state index >= 15 is 0 Å². The molecule has 1 fully saturated rings. The van der Waals surface area contributed by atoms with Crippen LogP contribution in [0.4, 0.5) is 0 Å². The number of carbonyl (C=O) groups excluding carboxylic acids is 2. The molecule has 194 valence electrons. The monoisotopic (exact) mass is 494 g/mol. The van der Waals surface area contributed by atoms with Crippen LogP contribution in [0.25, 0.3) is 5.76 Å². The van der Waals surface area contributed by atoms with E-state index in [1.54, 1.807) is 17.0 Å². The zero-order valence-corrected chi connectivity index (χ0v) is 22.0. The standard InChI is InChI=1S/C29H38N2O5/c1-6-8-18-36-22-11-9-21(10-12-22)26-25(28(33)29(34)31(26)16-15-30(4)5)27(32)24-14-13-23(19-20(24)3)35-17-7-2/h9-14,19,26,32H,6-8,15-18H2,1-5H3/b27-25+. The number of rotatable bonds is 12. The average molecular weight is 495 g/mol. The molecular formula is C29H38N2O5. The second-order valence-electron chi connectivity index (χ2n) is 9.39. The fourth-order valence-electron chi connectivity index (χ4n) is 4.20. The highest BCUT2D eigenvalue weighted by Gasteiger charge is 2.46. The van der Waals surface area contributed by atoms with Gasteiger partial charge in [0.1, 0.15) is 17.3 Å². The van der Waals surface area contributed by atoms with Crippen LogP contribution >= 0.6 is 0 Å². The van der Waals surface area contributed by atoms with Crippen molar-refractivity contribution in [2.24, 2.45) is 0 Å². The van der Waals surface area contributed by atoms with Gasteiger partial charge in [0.25, 0.3) is 11.7 Å². The minimum absolute atomic E-state index is 0.101. The number of Topliss-reactive ketones (excluding diaryl/α,β-unsaturated/α-hetero) is 1. The predicted molar refractivity (Wildman–Crippen MR) is 141 cm³/mol. The maximum absolute atomic E-state index is 13.2. The maximum Gasteiger partial charge on any atom is 0.295 e. The molecule has 0 radical (unpaired) electrons. The van der Waals surface area contributed by atoms with Crippen molar-refractivity contribution in [2.75, 3.05) is 40.4 Å². The van der Waals surface area contributed by atoms with E-state index < -0.39 is 17.7 Å². The Morgan fingerprint density at radius 3 is 2.25 bits per heavy atom. The number of aliphatic hydroxyl groups is 1. The molecule has 0 saturated carbocycles. The summed E-state index contributed by atoms with van der Waals surface area (Å²) in [6.07, 6.45) is 2.90. The summed E-state index contributed by atoms with van der Waals surface area (Å²) in [6, 6.07) is 12.1. The highest BCUT2D eigenvalue weighted by atomic mass is 16.5. The molecule has 3 rings (SSSR count). The van der Waals surface area contributed by atoms with Gasteiger partial charge in [-0.05, 0) is 75.3 Å². The Kier molecular flexibility index (Phi) is 9.53. The van der Waals surface area contributed by atoms with Gasteiger partial charge in [0, 0.05) is 18.7 Å². The molecule has 7 heteroatoms. The Morgan fingerprint density at radius 1 is 0.972 bits per heavy atom. The second-order valence-corrected chi connectivity index (χ2v) is 9.39. The number of likely N-dealkylation sites (N-methyl/N-ethyl adjacent to an activating group) is 1. The van der Waals surface area contributed by atoms with E-state index in [4.69, 9.17) is 9.47 Å². The number of amides is 1. The summed E-state index contributed by atoms with van der Waals surface area (Å²) >= 11 is 0. The lowest BCUT2D eigenvalue weighted by Crippen LogP contribution is -2.35. The number of hydrogen-bond acceptors (Lipinski definition) is 6. The van der Waals surface area contributed by atoms with Crippen LogP contribution in [0.2, 0.25) is 0 Å². The van der Waals surface area contributed by atoms with E-state index in [0.29, 0.717) is 37.6 Å². The van der Waals surface area contributed by atoms with Gasteiger partial charge in [-0.3, -0.25) is 9.59 Å². The SMILES string of the molecule is CCCCOc1ccc(C2/C(=C(\O)c3ccc(OCCC)cc3C)C(=O)C(=O)N2CCN(C)C)cc1. The number of ether oxygens (including phenoxy) is 2. The first-order valence-corrected chi connectivity index (χ1v) is 12.7. The van der Waals surface area contributed by atoms with Crippen LogP contribution in [0.15, 0.2) is 48.0 Å². The Morgan fingerprint density at radius 2 is 1.64 bits per heavy atom. The van der Waals surface area contributed by atoms with Crippen LogP contribution in [-0.2, 0) is 9.59 Å². The first-order valence-electron chi connectivity index (χ1n) is 12.7. The van der Waals surface area contributed by atoms with Crippen molar-refractivity contribution in [3.05, 3.63) is 64.7 Å². The zero-order valence-electron chi connectivity index (χ0n) is 22.0. The van der Waals surface area contributed by atoms with Gasteiger partial charge in [0.05, 0.1) is 24.8 Å². The lowest BCUT2D eigenvalue weighted by molar-refractivity contribution is -0.140. The third-order valence-corrected chi connectivity index (χ3v) is 6.22. The first kappa shape index (κ1) is 27.3. The van der Waals surface area contributed by atoms with Crippen LogP contribution < -0.4 is 9.47 Å². The molecule has 1 aliphatic rings. The summed E-state index contributed by atoms with van der Waals surface area (Å²) in [4.78, 5) is 29.9. The van der Waals surface area contributed by atoms with Crippen molar-refractivity contribution in [1.82, 2.24) is 9.80 Å². The molecule has 0 bridgehead atoms. The van der Waals surface area contributed by atoms with Crippen LogP contribution in [0.5, 0.6) is 11.5 Å². The fourth-order valence-corrected chi connectivity index (χ4v) is 4.20. The molecule has 1 N–H and O–H groups in total. The molecule has 7 nitrogen and oxygen atoms in total. The van der Waals surface area contributed by atoms with E-state index in [1.165, 1.54) is 0 Å². The molecule has 1 heterocycles. The van der Waals surface area contributed by atoms with Gasteiger partial charge in [-0.2, -0.15) is 0 Å². The van der Waals surface area contributed by atoms with Gasteiger partial charge in [-0.1, -0.05) is 32.4 Å². The van der Waals surface area contributed by atoms with E-state index in [-0.39, 0.29) is 11.3 Å². The molecule has 1 amide bonds. The minimum atomic E-state index is -0.690. The smallest absolute Gasteiger partial charge is 0.295 e. The lowest BCUT2D eigenvalue weighted by atomic mass is 9.94. The summed E-state index contributed by atoms with van der Waals surface area (Å²) in [5.74, 6) is -0.0190. The molecule has 0 aromatic heterocycles. The lowest BCUT2D eigenvalue weighted by Gasteiger charge is -2.27. The maximum atomic E-state index is 13.2. The second kappa shape index (κ2) is 12.6. The number of benzene rings is 2. The van der Waals surface area contributed by atoms with Crippen molar-refractivity contribution in [3.8, 4) is 11.5 Å². The summed E-state index contributed by atoms with van der Waals surface area (Å²) in [6.45, 7) is 8.17. The Bertz CT molecular complexity index is 1090. The highest BCUT2D eigenvalue weighted by molar-refractivity contribution is 6.46. The highest BCUT2D eigenvalue weighted by Crippen LogP contribution is 2.40. The van der Waals surface area contributed by atoms with E-state index in [9.17, 15) is 14.7 Å². The van der Waals surface area contributed by atoms with E-state index in [0.717, 1.165) is 36.1 Å². The Hall–Kier alpha value is -3.32. The Balaban J connectivity index is 2.03. The van der Waals surface area contributed by atoms with Crippen molar-refractivity contribution in [3.63, 3.8) is 0 Å². The molecule has 2 aromatic carbocycles. The van der Waals surface area contributed by atoms with E-state index in [1.807, 2.05) is 63.2 Å². The molecule has 1 saturated heterocycles. The zero-order chi connectivity index (χ0) is 26.2. The molecular weight excluding hydrogens is 456 g/mol. The minimum Gasteiger partial charge on any atom is -0.507 e. The van der Waals surface area contributed by atoms with Crippen molar-refractivity contribution in [1.29, 1.82) is 0 Å².